The fourth-order valence-corrected chi connectivity index (χ4v) is 4.89. The second kappa shape index (κ2) is 9.23. The maximum atomic E-state index is 12.9. The van der Waals surface area contributed by atoms with Crippen LogP contribution in [-0.2, 0) is 17.8 Å². The van der Waals surface area contributed by atoms with Gasteiger partial charge in [0.1, 0.15) is 10.5 Å². The minimum Gasteiger partial charge on any atom is -0.326 e. The van der Waals surface area contributed by atoms with Crippen LogP contribution in [0, 0.1) is 5.92 Å². The maximum Gasteiger partial charge on any atom is 0.272 e. The highest BCUT2D eigenvalue weighted by atomic mass is 32.2. The Balaban J connectivity index is 1.52. The zero-order chi connectivity index (χ0) is 22.0. The molecule has 0 bridgehead atoms. The van der Waals surface area contributed by atoms with Crippen molar-refractivity contribution in [3.63, 3.8) is 0 Å². The van der Waals surface area contributed by atoms with Crippen molar-refractivity contribution in [2.75, 3.05) is 11.6 Å². The molecule has 0 saturated carbocycles. The van der Waals surface area contributed by atoms with Crippen molar-refractivity contribution in [1.82, 2.24) is 19.2 Å². The number of hydrogen-bond donors (Lipinski definition) is 1. The molecule has 162 valence electrons. The predicted molar refractivity (Wildman–Crippen MR) is 127 cm³/mol. The van der Waals surface area contributed by atoms with Crippen molar-refractivity contribution in [3.05, 3.63) is 51.9 Å². The lowest BCUT2D eigenvalue weighted by atomic mass is 10.2. The number of nitrogens with zero attached hydrogens (tertiary/aromatic N) is 4. The van der Waals surface area contributed by atoms with Gasteiger partial charge in [-0.05, 0) is 48.2 Å². The molecular weight excluding hydrogens is 430 g/mol. The van der Waals surface area contributed by atoms with Crippen molar-refractivity contribution in [3.8, 4) is 0 Å². The van der Waals surface area contributed by atoms with Crippen LogP contribution in [0.5, 0.6) is 0 Å². The quantitative estimate of drug-likeness (QED) is 0.397. The first-order valence-electron chi connectivity index (χ1n) is 10.3. The van der Waals surface area contributed by atoms with E-state index in [9.17, 15) is 9.59 Å². The lowest BCUT2D eigenvalue weighted by Gasteiger charge is -2.11. The molecule has 0 aliphatic rings. The summed E-state index contributed by atoms with van der Waals surface area (Å²) in [5.41, 5.74) is 1.63. The second-order valence-electron chi connectivity index (χ2n) is 7.83. The molecule has 0 aliphatic heterocycles. The number of benzene rings is 1. The highest BCUT2D eigenvalue weighted by molar-refractivity contribution is 7.98. The molecule has 0 fully saturated rings. The number of fused-ring (bicyclic) bond motifs is 3. The Labute approximate surface area is 188 Å². The predicted octanol–water partition coefficient (Wildman–Crippen LogP) is 4.45. The Kier molecular flexibility index (Phi) is 6.43. The van der Waals surface area contributed by atoms with Crippen LogP contribution in [-0.4, -0.2) is 31.3 Å². The van der Waals surface area contributed by atoms with Crippen LogP contribution in [0.2, 0.25) is 0 Å². The summed E-state index contributed by atoms with van der Waals surface area (Å²) in [6.07, 6.45) is 3.64. The molecule has 0 spiro atoms. The third kappa shape index (κ3) is 4.52. The van der Waals surface area contributed by atoms with Gasteiger partial charge in [-0.15, -0.1) is 33.3 Å². The van der Waals surface area contributed by atoms with Gasteiger partial charge in [0.2, 0.25) is 11.7 Å². The maximum absolute atomic E-state index is 12.9. The normalized spacial score (nSPS) is 11.6. The van der Waals surface area contributed by atoms with Crippen molar-refractivity contribution in [2.45, 2.75) is 44.6 Å². The average Bonchev–Trinajstić information content (AvgIpc) is 3.38. The number of rotatable bonds is 8. The standard InChI is InChI=1S/C22H25N5O2S2/c1-14(2)13-26-21(29)20-17(10-11-31-20)27-18(24-25-22(26)27)8-5-9-19(28)23-15-6-4-7-16(12-15)30-3/h4,6-7,10-12,14H,5,8-9,13H2,1-3H3,(H,23,28). The van der Waals surface area contributed by atoms with Gasteiger partial charge in [0, 0.05) is 30.0 Å². The van der Waals surface area contributed by atoms with Gasteiger partial charge in [-0.3, -0.25) is 18.6 Å². The van der Waals surface area contributed by atoms with E-state index in [1.807, 2.05) is 46.4 Å². The minimum absolute atomic E-state index is 0.0167. The first-order chi connectivity index (χ1) is 15.0. The van der Waals surface area contributed by atoms with Crippen LogP contribution in [0.1, 0.15) is 32.5 Å². The summed E-state index contributed by atoms with van der Waals surface area (Å²) in [6, 6.07) is 9.75. The number of nitrogens with one attached hydrogen (secondary N) is 1. The Morgan fingerprint density at radius 3 is 2.87 bits per heavy atom. The van der Waals surface area contributed by atoms with Crippen LogP contribution in [0.25, 0.3) is 16.0 Å². The van der Waals surface area contributed by atoms with Crippen LogP contribution >= 0.6 is 23.1 Å². The topological polar surface area (TPSA) is 81.3 Å². The number of carbonyl (C=O) groups is 1. The third-order valence-corrected chi connectivity index (χ3v) is 6.60. The molecule has 4 rings (SSSR count). The third-order valence-electron chi connectivity index (χ3n) is 4.98. The highest BCUT2D eigenvalue weighted by Crippen LogP contribution is 2.22. The monoisotopic (exact) mass is 455 g/mol. The summed E-state index contributed by atoms with van der Waals surface area (Å²) in [5.74, 6) is 1.63. The van der Waals surface area contributed by atoms with E-state index in [1.165, 1.54) is 11.3 Å². The Morgan fingerprint density at radius 2 is 2.10 bits per heavy atom. The van der Waals surface area contributed by atoms with Gasteiger partial charge in [-0.25, -0.2) is 0 Å². The molecule has 3 heterocycles. The van der Waals surface area contributed by atoms with E-state index in [1.54, 1.807) is 16.3 Å². The summed E-state index contributed by atoms with van der Waals surface area (Å²) >= 11 is 3.08. The molecular formula is C22H25N5O2S2. The number of amides is 1. The van der Waals surface area contributed by atoms with Gasteiger partial charge in [-0.1, -0.05) is 19.9 Å². The van der Waals surface area contributed by atoms with Crippen LogP contribution in [0.15, 0.2) is 45.4 Å². The van der Waals surface area contributed by atoms with E-state index in [4.69, 9.17) is 0 Å². The Morgan fingerprint density at radius 1 is 1.26 bits per heavy atom. The SMILES string of the molecule is CSc1cccc(NC(=O)CCCc2nnc3n(CC(C)C)c(=O)c4sccc4n23)c1. The summed E-state index contributed by atoms with van der Waals surface area (Å²) in [6.45, 7) is 4.74. The van der Waals surface area contributed by atoms with E-state index < -0.39 is 0 Å². The number of carbonyl (C=O) groups excluding carboxylic acids is 1. The first-order valence-corrected chi connectivity index (χ1v) is 12.4. The van der Waals surface area contributed by atoms with E-state index in [2.05, 4.69) is 29.4 Å². The van der Waals surface area contributed by atoms with E-state index in [-0.39, 0.29) is 11.5 Å². The zero-order valence-electron chi connectivity index (χ0n) is 17.8. The Hall–Kier alpha value is -2.65. The summed E-state index contributed by atoms with van der Waals surface area (Å²) < 4.78 is 4.39. The van der Waals surface area contributed by atoms with Crippen molar-refractivity contribution in [2.24, 2.45) is 5.92 Å². The van der Waals surface area contributed by atoms with Crippen LogP contribution in [0.3, 0.4) is 0 Å². The van der Waals surface area contributed by atoms with Crippen molar-refractivity contribution >= 4 is 50.7 Å². The molecule has 9 heteroatoms. The molecule has 4 aromatic rings. The molecule has 1 aromatic carbocycles. The van der Waals surface area contributed by atoms with Crippen LogP contribution in [0.4, 0.5) is 5.69 Å². The molecule has 31 heavy (non-hydrogen) atoms. The average molecular weight is 456 g/mol. The first kappa shape index (κ1) is 21.6. The Bertz CT molecular complexity index is 1290. The molecule has 1 amide bonds. The molecule has 1 N–H and O–H groups in total. The number of anilines is 1. The van der Waals surface area contributed by atoms with Crippen molar-refractivity contribution < 1.29 is 4.79 Å². The lowest BCUT2D eigenvalue weighted by Crippen LogP contribution is -2.24. The molecule has 0 unspecified atom stereocenters. The largest absolute Gasteiger partial charge is 0.326 e. The van der Waals surface area contributed by atoms with Crippen molar-refractivity contribution in [1.29, 1.82) is 0 Å². The number of hydrogen-bond acceptors (Lipinski definition) is 6. The molecule has 3 aromatic heterocycles. The van der Waals surface area contributed by atoms with Gasteiger partial charge >= 0.3 is 0 Å². The molecule has 0 aliphatic carbocycles. The van der Waals surface area contributed by atoms with E-state index in [0.717, 1.165) is 21.9 Å². The van der Waals surface area contributed by atoms with Gasteiger partial charge in [0.25, 0.3) is 5.56 Å². The number of aryl methyl sites for hydroxylation is 1. The highest BCUT2D eigenvalue weighted by Gasteiger charge is 2.18. The van der Waals surface area contributed by atoms with Gasteiger partial charge < -0.3 is 5.32 Å². The number of thiophene rings is 1. The van der Waals surface area contributed by atoms with E-state index in [0.29, 0.717) is 42.2 Å². The summed E-state index contributed by atoms with van der Waals surface area (Å²) in [4.78, 5) is 26.4. The number of aromatic nitrogens is 4. The number of thioether (sulfide) groups is 1. The van der Waals surface area contributed by atoms with Gasteiger partial charge in [0.15, 0.2) is 0 Å². The van der Waals surface area contributed by atoms with Gasteiger partial charge in [-0.2, -0.15) is 0 Å². The lowest BCUT2D eigenvalue weighted by molar-refractivity contribution is -0.116. The van der Waals surface area contributed by atoms with Crippen LogP contribution < -0.4 is 10.9 Å². The second-order valence-corrected chi connectivity index (χ2v) is 9.63. The fraction of sp³-hybridized carbons (Fsp3) is 0.364. The van der Waals surface area contributed by atoms with E-state index >= 15 is 0 Å². The summed E-state index contributed by atoms with van der Waals surface area (Å²) in [5, 5.41) is 13.6. The smallest absolute Gasteiger partial charge is 0.272 e. The molecule has 0 radical (unpaired) electrons. The molecule has 0 saturated heterocycles. The fourth-order valence-electron chi connectivity index (χ4n) is 3.60. The van der Waals surface area contributed by atoms with Gasteiger partial charge in [0.05, 0.1) is 5.52 Å². The molecule has 0 atom stereocenters. The summed E-state index contributed by atoms with van der Waals surface area (Å²) in [7, 11) is 0. The zero-order valence-corrected chi connectivity index (χ0v) is 19.4. The molecule has 7 nitrogen and oxygen atoms in total. The minimum atomic E-state index is -0.0236.